The lowest BCUT2D eigenvalue weighted by molar-refractivity contribution is 0.0954. The zero-order valence-corrected chi connectivity index (χ0v) is 18.0. The minimum atomic E-state index is -0.468. The summed E-state index contributed by atoms with van der Waals surface area (Å²) >= 11 is 0. The van der Waals surface area contributed by atoms with Crippen LogP contribution in [0.3, 0.4) is 0 Å². The van der Waals surface area contributed by atoms with Crippen LogP contribution in [0.1, 0.15) is 27.2 Å². The van der Waals surface area contributed by atoms with Gasteiger partial charge < -0.3 is 20.1 Å². The van der Waals surface area contributed by atoms with E-state index in [1.807, 2.05) is 30.3 Å². The average Bonchev–Trinajstić information content (AvgIpc) is 2.84. The number of aliphatic hydroxyl groups is 1. The van der Waals surface area contributed by atoms with Gasteiger partial charge in [-0.3, -0.25) is 9.59 Å². The second-order valence-corrected chi connectivity index (χ2v) is 7.43. The third-order valence-electron chi connectivity index (χ3n) is 5.18. The quantitative estimate of drug-likeness (QED) is 0.377. The summed E-state index contributed by atoms with van der Waals surface area (Å²) in [5, 5.41) is 13.3. The summed E-state index contributed by atoms with van der Waals surface area (Å²) in [7, 11) is 1.56. The SMILES string of the molecule is COc1ccc(C(O)=Cc2nc3ccc(C(=O)NCCc4ccccc4)cc3[nH]c2=O)cc1. The summed E-state index contributed by atoms with van der Waals surface area (Å²) in [5.41, 5.74) is 2.64. The molecule has 1 heterocycles. The van der Waals surface area contributed by atoms with Gasteiger partial charge in [-0.25, -0.2) is 4.98 Å². The van der Waals surface area contributed by atoms with E-state index in [1.165, 1.54) is 6.08 Å². The number of aromatic amines is 1. The molecule has 0 spiro atoms. The Morgan fingerprint density at radius 2 is 1.79 bits per heavy atom. The number of aliphatic hydroxyl groups excluding tert-OH is 1. The highest BCUT2D eigenvalue weighted by molar-refractivity contribution is 5.97. The van der Waals surface area contributed by atoms with Crippen molar-refractivity contribution in [3.8, 4) is 5.75 Å². The molecule has 0 atom stereocenters. The number of hydrogen-bond donors (Lipinski definition) is 3. The smallest absolute Gasteiger partial charge is 0.274 e. The van der Waals surface area contributed by atoms with E-state index in [1.54, 1.807) is 49.6 Å². The van der Waals surface area contributed by atoms with E-state index in [-0.39, 0.29) is 17.4 Å². The van der Waals surface area contributed by atoms with Crippen LogP contribution in [0.5, 0.6) is 5.75 Å². The van der Waals surface area contributed by atoms with E-state index >= 15 is 0 Å². The van der Waals surface area contributed by atoms with Crippen LogP contribution in [0.15, 0.2) is 77.6 Å². The number of aromatic nitrogens is 2. The molecule has 7 heteroatoms. The molecule has 4 aromatic rings. The standard InChI is InChI=1S/C26H23N3O4/c1-33-20-10-7-18(8-11-20)24(30)16-23-26(32)29-22-15-19(9-12-21(22)28-23)25(31)27-14-13-17-5-3-2-4-6-17/h2-12,15-16,30H,13-14H2,1H3,(H,27,31)(H,29,32). The second-order valence-electron chi connectivity index (χ2n) is 7.43. The molecule has 1 aromatic heterocycles. The van der Waals surface area contributed by atoms with Crippen LogP contribution in [0, 0.1) is 0 Å². The van der Waals surface area contributed by atoms with Gasteiger partial charge in [0.1, 0.15) is 17.2 Å². The fourth-order valence-electron chi connectivity index (χ4n) is 3.38. The predicted octanol–water partition coefficient (Wildman–Crippen LogP) is 3.96. The first kappa shape index (κ1) is 21.8. The van der Waals surface area contributed by atoms with Crippen molar-refractivity contribution in [2.24, 2.45) is 0 Å². The summed E-state index contributed by atoms with van der Waals surface area (Å²) < 4.78 is 5.11. The number of benzene rings is 3. The van der Waals surface area contributed by atoms with Gasteiger partial charge in [-0.2, -0.15) is 0 Å². The Kier molecular flexibility index (Phi) is 6.50. The van der Waals surface area contributed by atoms with Crippen molar-refractivity contribution in [3.05, 3.63) is 106 Å². The molecule has 0 aliphatic carbocycles. The number of carbonyl (C=O) groups excluding carboxylic acids is 1. The Morgan fingerprint density at radius 1 is 1.06 bits per heavy atom. The topological polar surface area (TPSA) is 104 Å². The maximum absolute atomic E-state index is 12.5. The fourth-order valence-corrected chi connectivity index (χ4v) is 3.38. The molecular weight excluding hydrogens is 418 g/mol. The highest BCUT2D eigenvalue weighted by atomic mass is 16.5. The van der Waals surface area contributed by atoms with Crippen molar-refractivity contribution in [3.63, 3.8) is 0 Å². The molecule has 3 aromatic carbocycles. The number of methoxy groups -OCH3 is 1. The molecule has 0 saturated carbocycles. The third-order valence-corrected chi connectivity index (χ3v) is 5.18. The number of hydrogen-bond acceptors (Lipinski definition) is 5. The van der Waals surface area contributed by atoms with Crippen LogP contribution in [0.2, 0.25) is 0 Å². The minimum absolute atomic E-state index is 0.0656. The Morgan fingerprint density at radius 3 is 2.52 bits per heavy atom. The number of H-pyrrole nitrogens is 1. The Hall–Kier alpha value is -4.39. The van der Waals surface area contributed by atoms with Crippen molar-refractivity contribution < 1.29 is 14.6 Å². The molecule has 166 valence electrons. The number of rotatable bonds is 7. The Bertz CT molecular complexity index is 1360. The maximum atomic E-state index is 12.5. The van der Waals surface area contributed by atoms with Gasteiger partial charge in [-0.05, 0) is 54.4 Å². The van der Waals surface area contributed by atoms with Gasteiger partial charge in [-0.1, -0.05) is 30.3 Å². The van der Waals surface area contributed by atoms with Gasteiger partial charge in [0.2, 0.25) is 0 Å². The van der Waals surface area contributed by atoms with Gasteiger partial charge >= 0.3 is 0 Å². The first-order chi connectivity index (χ1) is 16.0. The molecule has 0 radical (unpaired) electrons. The van der Waals surface area contributed by atoms with Crippen molar-refractivity contribution >= 4 is 28.8 Å². The lowest BCUT2D eigenvalue weighted by Gasteiger charge is -2.07. The van der Waals surface area contributed by atoms with Gasteiger partial charge in [0, 0.05) is 23.7 Å². The number of fused-ring (bicyclic) bond motifs is 1. The van der Waals surface area contributed by atoms with Crippen LogP contribution in [0.4, 0.5) is 0 Å². The normalized spacial score (nSPS) is 11.4. The Balaban J connectivity index is 1.50. The van der Waals surface area contributed by atoms with Gasteiger partial charge in [0.15, 0.2) is 0 Å². The molecule has 33 heavy (non-hydrogen) atoms. The van der Waals surface area contributed by atoms with E-state index in [2.05, 4.69) is 15.3 Å². The molecule has 1 amide bonds. The lowest BCUT2D eigenvalue weighted by atomic mass is 10.1. The first-order valence-corrected chi connectivity index (χ1v) is 10.4. The highest BCUT2D eigenvalue weighted by Gasteiger charge is 2.10. The first-order valence-electron chi connectivity index (χ1n) is 10.4. The molecule has 7 nitrogen and oxygen atoms in total. The van der Waals surface area contributed by atoms with Crippen LogP contribution in [-0.4, -0.2) is 34.6 Å². The average molecular weight is 441 g/mol. The zero-order valence-electron chi connectivity index (χ0n) is 18.0. The van der Waals surface area contributed by atoms with E-state index in [0.29, 0.717) is 34.5 Å². The van der Waals surface area contributed by atoms with Gasteiger partial charge in [0.05, 0.1) is 18.1 Å². The predicted molar refractivity (Wildman–Crippen MR) is 128 cm³/mol. The largest absolute Gasteiger partial charge is 0.507 e. The highest BCUT2D eigenvalue weighted by Crippen LogP contribution is 2.19. The number of carbonyl (C=O) groups is 1. The molecule has 0 unspecified atom stereocenters. The minimum Gasteiger partial charge on any atom is -0.507 e. The zero-order chi connectivity index (χ0) is 23.2. The third kappa shape index (κ3) is 5.27. The number of amides is 1. The summed E-state index contributed by atoms with van der Waals surface area (Å²) in [6.45, 7) is 0.504. The molecule has 0 bridgehead atoms. The van der Waals surface area contributed by atoms with Gasteiger partial charge in [0.25, 0.3) is 11.5 Å². The van der Waals surface area contributed by atoms with E-state index in [0.717, 1.165) is 12.0 Å². The molecule has 0 saturated heterocycles. The van der Waals surface area contributed by atoms with Crippen molar-refractivity contribution in [1.82, 2.24) is 15.3 Å². The second kappa shape index (κ2) is 9.82. The molecular formula is C26H23N3O4. The molecule has 0 aliphatic heterocycles. The van der Waals surface area contributed by atoms with Crippen LogP contribution in [-0.2, 0) is 6.42 Å². The monoisotopic (exact) mass is 441 g/mol. The summed E-state index contributed by atoms with van der Waals surface area (Å²) in [6, 6.07) is 21.6. The van der Waals surface area contributed by atoms with Crippen molar-refractivity contribution in [2.45, 2.75) is 6.42 Å². The molecule has 3 N–H and O–H groups in total. The fraction of sp³-hybridized carbons (Fsp3) is 0.115. The van der Waals surface area contributed by atoms with E-state index in [9.17, 15) is 14.7 Å². The van der Waals surface area contributed by atoms with Crippen LogP contribution >= 0.6 is 0 Å². The Labute approximate surface area is 190 Å². The molecule has 0 aliphatic rings. The molecule has 4 rings (SSSR count). The van der Waals surface area contributed by atoms with Gasteiger partial charge in [-0.15, -0.1) is 0 Å². The van der Waals surface area contributed by atoms with E-state index in [4.69, 9.17) is 4.74 Å². The lowest BCUT2D eigenvalue weighted by Crippen LogP contribution is -2.25. The van der Waals surface area contributed by atoms with Crippen molar-refractivity contribution in [1.29, 1.82) is 0 Å². The van der Waals surface area contributed by atoms with Crippen LogP contribution in [0.25, 0.3) is 22.9 Å². The summed E-state index contributed by atoms with van der Waals surface area (Å²) in [4.78, 5) is 32.1. The summed E-state index contributed by atoms with van der Waals surface area (Å²) in [6.07, 6.45) is 2.04. The number of ether oxygens (including phenoxy) is 1. The van der Waals surface area contributed by atoms with E-state index < -0.39 is 5.56 Å². The maximum Gasteiger partial charge on any atom is 0.274 e. The number of nitrogens with one attached hydrogen (secondary N) is 2. The summed E-state index contributed by atoms with van der Waals surface area (Å²) in [5.74, 6) is 0.340. The van der Waals surface area contributed by atoms with Crippen molar-refractivity contribution in [2.75, 3.05) is 13.7 Å². The molecule has 0 fully saturated rings. The number of nitrogens with zero attached hydrogens (tertiary/aromatic N) is 1. The van der Waals surface area contributed by atoms with Crippen LogP contribution < -0.4 is 15.6 Å².